The minimum Gasteiger partial charge on any atom is -0.459 e. The van der Waals surface area contributed by atoms with E-state index in [1.54, 1.807) is 17.0 Å². The first-order valence-electron chi connectivity index (χ1n) is 4.77. The predicted octanol–water partition coefficient (Wildman–Crippen LogP) is 0.105. The molecule has 0 unspecified atom stereocenters. The first-order valence-corrected chi connectivity index (χ1v) is 4.77. The first kappa shape index (κ1) is 9.76. The highest BCUT2D eigenvalue weighted by molar-refractivity contribution is 5.91. The summed E-state index contributed by atoms with van der Waals surface area (Å²) in [5, 5.41) is 0. The van der Waals surface area contributed by atoms with Crippen LogP contribution in [-0.4, -0.2) is 48.3 Å². The van der Waals surface area contributed by atoms with Crippen LogP contribution in [0.5, 0.6) is 0 Å². The molecule has 1 aromatic heterocycles. The van der Waals surface area contributed by atoms with Crippen molar-refractivity contribution in [2.75, 3.05) is 26.2 Å². The van der Waals surface area contributed by atoms with Crippen molar-refractivity contribution in [1.29, 1.82) is 0 Å². The van der Waals surface area contributed by atoms with Gasteiger partial charge in [-0.15, -0.1) is 0 Å². The van der Waals surface area contributed by atoms with Crippen molar-refractivity contribution in [3.05, 3.63) is 24.2 Å². The third kappa shape index (κ3) is 2.01. The van der Waals surface area contributed by atoms with Crippen LogP contribution in [-0.2, 0) is 4.79 Å². The maximum absolute atomic E-state index is 11.8. The number of piperazine rings is 1. The Bertz CT molecular complexity index is 340. The molecule has 1 radical (unpaired) electrons. The number of carbonyl (C=O) groups is 1. The molecule has 1 aliphatic heterocycles. The fraction of sp³-hybridized carbons (Fsp3) is 0.400. The molecule has 5 heteroatoms. The average molecular weight is 207 g/mol. The zero-order chi connectivity index (χ0) is 10.7. The van der Waals surface area contributed by atoms with E-state index in [2.05, 4.69) is 0 Å². The molecule has 0 saturated carbocycles. The maximum atomic E-state index is 11.8. The lowest BCUT2D eigenvalue weighted by Crippen LogP contribution is -2.48. The number of nitrogens with zero attached hydrogens (tertiary/aromatic N) is 2. The highest BCUT2D eigenvalue weighted by Crippen LogP contribution is 2.08. The third-order valence-corrected chi connectivity index (χ3v) is 2.43. The van der Waals surface area contributed by atoms with Crippen molar-refractivity contribution in [3.8, 4) is 0 Å². The number of carbonyl (C=O) groups excluding carboxylic acids is 2. The summed E-state index contributed by atoms with van der Waals surface area (Å²) >= 11 is 0. The van der Waals surface area contributed by atoms with Gasteiger partial charge >= 0.3 is 6.41 Å². The summed E-state index contributed by atoms with van der Waals surface area (Å²) in [4.78, 5) is 25.3. The van der Waals surface area contributed by atoms with Gasteiger partial charge in [-0.25, -0.2) is 0 Å². The largest absolute Gasteiger partial charge is 0.459 e. The second-order valence-electron chi connectivity index (χ2n) is 3.35. The molecule has 1 aliphatic rings. The predicted molar refractivity (Wildman–Crippen MR) is 51.9 cm³/mol. The first-order chi connectivity index (χ1) is 7.31. The van der Waals surface area contributed by atoms with Gasteiger partial charge in [-0.1, -0.05) is 0 Å². The Balaban J connectivity index is 1.96. The molecule has 1 aromatic rings. The standard InChI is InChI=1S/C10H11N2O3/c13-8-11-3-5-12(6-4-11)10(14)9-2-1-7-15-9/h1-2,7H,3-6H2. The van der Waals surface area contributed by atoms with Crippen LogP contribution in [0.1, 0.15) is 10.6 Å². The molecule has 0 aromatic carbocycles. The fourth-order valence-electron chi connectivity index (χ4n) is 1.56. The minimum atomic E-state index is -0.120. The van der Waals surface area contributed by atoms with E-state index in [9.17, 15) is 9.59 Å². The highest BCUT2D eigenvalue weighted by Gasteiger charge is 2.22. The van der Waals surface area contributed by atoms with Crippen LogP contribution in [0.25, 0.3) is 0 Å². The smallest absolute Gasteiger partial charge is 0.312 e. The van der Waals surface area contributed by atoms with Crippen LogP contribution in [0, 0.1) is 0 Å². The molecule has 1 saturated heterocycles. The van der Waals surface area contributed by atoms with Crippen molar-refractivity contribution in [2.45, 2.75) is 0 Å². The van der Waals surface area contributed by atoms with Gasteiger partial charge < -0.3 is 14.2 Å². The van der Waals surface area contributed by atoms with Crippen molar-refractivity contribution in [2.24, 2.45) is 0 Å². The van der Waals surface area contributed by atoms with Crippen molar-refractivity contribution in [3.63, 3.8) is 0 Å². The van der Waals surface area contributed by atoms with E-state index < -0.39 is 0 Å². The highest BCUT2D eigenvalue weighted by atomic mass is 16.3. The van der Waals surface area contributed by atoms with E-state index >= 15 is 0 Å². The zero-order valence-electron chi connectivity index (χ0n) is 8.18. The van der Waals surface area contributed by atoms with Gasteiger partial charge in [-0.05, 0) is 12.1 Å². The van der Waals surface area contributed by atoms with E-state index in [0.29, 0.717) is 31.9 Å². The Labute approximate surface area is 87.3 Å². The van der Waals surface area contributed by atoms with Crippen LogP contribution in [0.2, 0.25) is 0 Å². The second-order valence-corrected chi connectivity index (χ2v) is 3.35. The lowest BCUT2D eigenvalue weighted by molar-refractivity contribution is 0.0658. The summed E-state index contributed by atoms with van der Waals surface area (Å²) in [5.74, 6) is 0.226. The van der Waals surface area contributed by atoms with Crippen LogP contribution in [0.15, 0.2) is 22.8 Å². The van der Waals surface area contributed by atoms with Gasteiger partial charge in [0.05, 0.1) is 6.26 Å². The van der Waals surface area contributed by atoms with E-state index in [4.69, 9.17) is 4.42 Å². The molecule has 0 spiro atoms. The number of amides is 2. The number of furan rings is 1. The van der Waals surface area contributed by atoms with Crippen molar-refractivity contribution < 1.29 is 14.0 Å². The molecule has 0 bridgehead atoms. The third-order valence-electron chi connectivity index (χ3n) is 2.43. The quantitative estimate of drug-likeness (QED) is 0.691. The van der Waals surface area contributed by atoms with Crippen LogP contribution in [0.4, 0.5) is 0 Å². The van der Waals surface area contributed by atoms with E-state index in [0.717, 1.165) is 0 Å². The van der Waals surface area contributed by atoms with Gasteiger partial charge in [0, 0.05) is 26.2 Å². The Morgan fingerprint density at radius 1 is 1.33 bits per heavy atom. The molecule has 2 amide bonds. The van der Waals surface area contributed by atoms with Crippen LogP contribution < -0.4 is 0 Å². The monoisotopic (exact) mass is 207 g/mol. The maximum Gasteiger partial charge on any atom is 0.312 e. The van der Waals surface area contributed by atoms with Gasteiger partial charge in [0.1, 0.15) is 0 Å². The molecular weight excluding hydrogens is 196 g/mol. The Hall–Kier alpha value is -1.78. The second kappa shape index (κ2) is 4.16. The Morgan fingerprint density at radius 2 is 2.07 bits per heavy atom. The number of hydrogen-bond acceptors (Lipinski definition) is 3. The average Bonchev–Trinajstić information content (AvgIpc) is 2.82. The normalized spacial score (nSPS) is 16.5. The molecule has 15 heavy (non-hydrogen) atoms. The molecule has 0 N–H and O–H groups in total. The SMILES string of the molecule is O=[C]N1CCN(C(=O)c2ccco2)CC1. The van der Waals surface area contributed by atoms with E-state index in [1.165, 1.54) is 11.2 Å². The van der Waals surface area contributed by atoms with Gasteiger partial charge in [0.25, 0.3) is 5.91 Å². The van der Waals surface area contributed by atoms with Crippen LogP contribution >= 0.6 is 0 Å². The van der Waals surface area contributed by atoms with Crippen molar-refractivity contribution in [1.82, 2.24) is 9.80 Å². The summed E-state index contributed by atoms with van der Waals surface area (Å²) in [7, 11) is 0. The van der Waals surface area contributed by atoms with Crippen LogP contribution in [0.3, 0.4) is 0 Å². The van der Waals surface area contributed by atoms with Crippen molar-refractivity contribution >= 4 is 12.3 Å². The van der Waals surface area contributed by atoms with E-state index in [1.807, 2.05) is 6.41 Å². The fourth-order valence-corrected chi connectivity index (χ4v) is 1.56. The Kier molecular flexibility index (Phi) is 2.71. The molecule has 0 atom stereocenters. The molecule has 1 fully saturated rings. The molecule has 2 heterocycles. The van der Waals surface area contributed by atoms with E-state index in [-0.39, 0.29) is 5.91 Å². The number of hydrogen-bond donors (Lipinski definition) is 0. The summed E-state index contributed by atoms with van der Waals surface area (Å²) in [5.41, 5.74) is 0. The molecular formula is C10H11N2O3. The molecule has 5 nitrogen and oxygen atoms in total. The summed E-state index contributed by atoms with van der Waals surface area (Å²) < 4.78 is 5.02. The zero-order valence-corrected chi connectivity index (χ0v) is 8.18. The summed E-state index contributed by atoms with van der Waals surface area (Å²) in [6, 6.07) is 3.32. The lowest BCUT2D eigenvalue weighted by Gasteiger charge is -2.31. The molecule has 79 valence electrons. The lowest BCUT2D eigenvalue weighted by atomic mass is 10.3. The topological polar surface area (TPSA) is 53.8 Å². The number of rotatable bonds is 2. The van der Waals surface area contributed by atoms with Gasteiger partial charge in [-0.3, -0.25) is 9.59 Å². The summed E-state index contributed by atoms with van der Waals surface area (Å²) in [6.07, 6.45) is 3.29. The van der Waals surface area contributed by atoms with Gasteiger partial charge in [0.2, 0.25) is 0 Å². The van der Waals surface area contributed by atoms with Gasteiger partial charge in [-0.2, -0.15) is 0 Å². The molecule has 0 aliphatic carbocycles. The Morgan fingerprint density at radius 3 is 2.60 bits per heavy atom. The molecule has 2 rings (SSSR count). The van der Waals surface area contributed by atoms with Gasteiger partial charge in [0.15, 0.2) is 5.76 Å². The minimum absolute atomic E-state index is 0.120. The summed E-state index contributed by atoms with van der Waals surface area (Å²) in [6.45, 7) is 2.15.